The van der Waals surface area contributed by atoms with Gasteiger partial charge in [-0.15, -0.1) is 0 Å². The number of benzene rings is 1. The summed E-state index contributed by atoms with van der Waals surface area (Å²) >= 11 is 0. The van der Waals surface area contributed by atoms with Gasteiger partial charge in [0, 0.05) is 39.8 Å². The first-order valence-electron chi connectivity index (χ1n) is 10.1. The van der Waals surface area contributed by atoms with Crippen molar-refractivity contribution in [3.8, 4) is 5.75 Å². The van der Waals surface area contributed by atoms with E-state index >= 15 is 0 Å². The van der Waals surface area contributed by atoms with E-state index in [2.05, 4.69) is 28.1 Å². The summed E-state index contributed by atoms with van der Waals surface area (Å²) in [6, 6.07) is 14.2. The molecule has 1 saturated heterocycles. The molecule has 28 heavy (non-hydrogen) atoms. The predicted octanol–water partition coefficient (Wildman–Crippen LogP) is 3.74. The number of amides is 1. The number of piperidine rings is 1. The van der Waals surface area contributed by atoms with Crippen molar-refractivity contribution in [2.24, 2.45) is 5.92 Å². The quantitative estimate of drug-likeness (QED) is 0.699. The lowest BCUT2D eigenvalue weighted by atomic mass is 9.93. The molecule has 0 aliphatic carbocycles. The Morgan fingerprint density at radius 3 is 2.93 bits per heavy atom. The lowest BCUT2D eigenvalue weighted by molar-refractivity contribution is -0.129. The van der Waals surface area contributed by atoms with Crippen molar-refractivity contribution < 1.29 is 9.53 Å². The van der Waals surface area contributed by atoms with Gasteiger partial charge in [-0.1, -0.05) is 18.2 Å². The lowest BCUT2D eigenvalue weighted by Crippen LogP contribution is -2.35. The third-order valence-corrected chi connectivity index (χ3v) is 5.29. The normalized spacial score (nSPS) is 17.3. The van der Waals surface area contributed by atoms with Crippen LogP contribution in [0.1, 0.15) is 36.9 Å². The number of ether oxygens (including phenoxy) is 1. The minimum absolute atomic E-state index is 0.231. The number of carbonyl (C=O) groups excluding carboxylic acids is 1. The summed E-state index contributed by atoms with van der Waals surface area (Å²) in [6.45, 7) is 3.60. The van der Waals surface area contributed by atoms with Gasteiger partial charge in [-0.25, -0.2) is 0 Å². The van der Waals surface area contributed by atoms with Crippen LogP contribution in [0.4, 0.5) is 0 Å². The topological polar surface area (TPSA) is 45.7 Å². The lowest BCUT2D eigenvalue weighted by Gasteiger charge is -2.33. The highest BCUT2D eigenvalue weighted by Gasteiger charge is 2.21. The van der Waals surface area contributed by atoms with Crippen molar-refractivity contribution in [3.63, 3.8) is 0 Å². The van der Waals surface area contributed by atoms with E-state index in [1.54, 1.807) is 11.1 Å². The minimum atomic E-state index is 0.231. The molecule has 1 fully saturated rings. The van der Waals surface area contributed by atoms with Gasteiger partial charge in [-0.05, 0) is 61.6 Å². The fourth-order valence-corrected chi connectivity index (χ4v) is 3.71. The van der Waals surface area contributed by atoms with E-state index in [0.29, 0.717) is 18.9 Å². The fraction of sp³-hybridized carbons (Fsp3) is 0.478. The van der Waals surface area contributed by atoms with Crippen LogP contribution >= 0.6 is 0 Å². The van der Waals surface area contributed by atoms with E-state index in [9.17, 15) is 4.79 Å². The van der Waals surface area contributed by atoms with E-state index in [1.807, 2.05) is 38.4 Å². The van der Waals surface area contributed by atoms with Crippen molar-refractivity contribution in [2.75, 3.05) is 27.2 Å². The van der Waals surface area contributed by atoms with Crippen LogP contribution in [0.2, 0.25) is 0 Å². The average Bonchev–Trinajstić information content (AvgIpc) is 2.72. The van der Waals surface area contributed by atoms with Gasteiger partial charge in [0.15, 0.2) is 0 Å². The molecule has 2 aromatic rings. The molecule has 0 spiro atoms. The standard InChI is InChI=1S/C23H31N3O2/c1-25(2)23(27)12-11-19-8-6-14-26(16-19)17-20-7-5-10-22(15-20)28-18-21-9-3-4-13-24-21/h3-5,7,9-10,13,15,19H,6,8,11-12,14,16-18H2,1-2H3/t19-/m0/s1. The predicted molar refractivity (Wildman–Crippen MR) is 111 cm³/mol. The van der Waals surface area contributed by atoms with E-state index in [0.717, 1.165) is 37.5 Å². The molecule has 1 aliphatic rings. The van der Waals surface area contributed by atoms with Gasteiger partial charge in [0.05, 0.1) is 5.69 Å². The summed E-state index contributed by atoms with van der Waals surface area (Å²) in [7, 11) is 3.66. The van der Waals surface area contributed by atoms with E-state index < -0.39 is 0 Å². The van der Waals surface area contributed by atoms with Crippen molar-refractivity contribution in [3.05, 3.63) is 59.9 Å². The van der Waals surface area contributed by atoms with Gasteiger partial charge in [-0.2, -0.15) is 0 Å². The van der Waals surface area contributed by atoms with Crippen molar-refractivity contribution in [1.29, 1.82) is 0 Å². The van der Waals surface area contributed by atoms with E-state index in [-0.39, 0.29) is 5.91 Å². The minimum Gasteiger partial charge on any atom is -0.487 e. The molecule has 0 N–H and O–H groups in total. The first kappa shape index (κ1) is 20.3. The summed E-state index contributed by atoms with van der Waals surface area (Å²) < 4.78 is 5.91. The number of pyridine rings is 1. The van der Waals surface area contributed by atoms with E-state index in [4.69, 9.17) is 4.74 Å². The monoisotopic (exact) mass is 381 g/mol. The number of hydrogen-bond donors (Lipinski definition) is 0. The first-order chi connectivity index (χ1) is 13.6. The van der Waals surface area contributed by atoms with Crippen LogP contribution in [0.5, 0.6) is 5.75 Å². The third kappa shape index (κ3) is 6.34. The van der Waals surface area contributed by atoms with Gasteiger partial charge in [0.1, 0.15) is 12.4 Å². The zero-order chi connectivity index (χ0) is 19.8. The molecule has 3 rings (SSSR count). The highest BCUT2D eigenvalue weighted by Crippen LogP contribution is 2.24. The maximum absolute atomic E-state index is 11.9. The molecule has 1 aromatic heterocycles. The number of hydrogen-bond acceptors (Lipinski definition) is 4. The van der Waals surface area contributed by atoms with Crippen LogP contribution in [-0.2, 0) is 17.9 Å². The Morgan fingerprint density at radius 2 is 2.14 bits per heavy atom. The Morgan fingerprint density at radius 1 is 1.25 bits per heavy atom. The van der Waals surface area contributed by atoms with Gasteiger partial charge < -0.3 is 9.64 Å². The first-order valence-corrected chi connectivity index (χ1v) is 10.1. The van der Waals surface area contributed by atoms with Gasteiger partial charge in [0.2, 0.25) is 5.91 Å². The van der Waals surface area contributed by atoms with Crippen LogP contribution in [0.15, 0.2) is 48.7 Å². The largest absolute Gasteiger partial charge is 0.487 e. The smallest absolute Gasteiger partial charge is 0.222 e. The van der Waals surface area contributed by atoms with Crippen LogP contribution < -0.4 is 4.74 Å². The molecule has 2 heterocycles. The van der Waals surface area contributed by atoms with Gasteiger partial charge >= 0.3 is 0 Å². The Bertz CT molecular complexity index is 749. The molecule has 1 aromatic carbocycles. The molecule has 1 amide bonds. The van der Waals surface area contributed by atoms with Crippen LogP contribution in [0, 0.1) is 5.92 Å². The SMILES string of the molecule is CN(C)C(=O)CC[C@@H]1CCCN(Cc2cccc(OCc3ccccn3)c2)C1. The number of aromatic nitrogens is 1. The molecule has 1 aliphatic heterocycles. The molecule has 0 bridgehead atoms. The van der Waals surface area contributed by atoms with E-state index in [1.165, 1.54) is 18.4 Å². The zero-order valence-electron chi connectivity index (χ0n) is 17.0. The van der Waals surface area contributed by atoms with Crippen molar-refractivity contribution in [2.45, 2.75) is 38.8 Å². The summed E-state index contributed by atoms with van der Waals surface area (Å²) in [6.07, 6.45) is 5.86. The maximum Gasteiger partial charge on any atom is 0.222 e. The Labute approximate surface area is 168 Å². The third-order valence-electron chi connectivity index (χ3n) is 5.29. The Kier molecular flexibility index (Phi) is 7.43. The highest BCUT2D eigenvalue weighted by atomic mass is 16.5. The number of carbonyl (C=O) groups is 1. The molecule has 1 atom stereocenters. The zero-order valence-corrected chi connectivity index (χ0v) is 17.0. The Hall–Kier alpha value is -2.40. The second-order valence-electron chi connectivity index (χ2n) is 7.83. The van der Waals surface area contributed by atoms with Crippen LogP contribution in [0.25, 0.3) is 0 Å². The second-order valence-corrected chi connectivity index (χ2v) is 7.83. The number of nitrogens with zero attached hydrogens (tertiary/aromatic N) is 3. The summed E-state index contributed by atoms with van der Waals surface area (Å²) in [5, 5.41) is 0. The molecule has 5 heteroatoms. The van der Waals surface area contributed by atoms with Crippen LogP contribution in [-0.4, -0.2) is 47.9 Å². The average molecular weight is 382 g/mol. The molecule has 0 unspecified atom stereocenters. The summed E-state index contributed by atoms with van der Waals surface area (Å²) in [5.74, 6) is 1.73. The Balaban J connectivity index is 1.49. The number of rotatable bonds is 8. The van der Waals surface area contributed by atoms with Crippen molar-refractivity contribution >= 4 is 5.91 Å². The molecule has 0 saturated carbocycles. The molecular formula is C23H31N3O2. The molecule has 5 nitrogen and oxygen atoms in total. The molecule has 0 radical (unpaired) electrons. The number of likely N-dealkylation sites (tertiary alicyclic amines) is 1. The summed E-state index contributed by atoms with van der Waals surface area (Å²) in [5.41, 5.74) is 2.20. The highest BCUT2D eigenvalue weighted by molar-refractivity contribution is 5.75. The maximum atomic E-state index is 11.9. The molecular weight excluding hydrogens is 350 g/mol. The molecule has 150 valence electrons. The van der Waals surface area contributed by atoms with Gasteiger partial charge in [0.25, 0.3) is 0 Å². The van der Waals surface area contributed by atoms with Crippen LogP contribution in [0.3, 0.4) is 0 Å². The van der Waals surface area contributed by atoms with Crippen molar-refractivity contribution in [1.82, 2.24) is 14.8 Å². The second kappa shape index (κ2) is 10.2. The fourth-order valence-electron chi connectivity index (χ4n) is 3.71. The summed E-state index contributed by atoms with van der Waals surface area (Å²) in [4.78, 5) is 20.3. The van der Waals surface area contributed by atoms with Gasteiger partial charge in [-0.3, -0.25) is 14.7 Å².